The van der Waals surface area contributed by atoms with E-state index in [2.05, 4.69) is 24.1 Å². The number of nitrogens with one attached hydrogen (secondary N) is 1. The number of para-hydroxylation sites is 1. The molecular weight excluding hydrogens is 362 g/mol. The highest BCUT2D eigenvalue weighted by atomic mass is 32.2. The van der Waals surface area contributed by atoms with Gasteiger partial charge in [-0.3, -0.25) is 9.69 Å². The molecule has 0 saturated carbocycles. The number of carbonyl (C=O) groups excluding carboxylic acids is 1. The van der Waals surface area contributed by atoms with Crippen LogP contribution >= 0.6 is 23.1 Å². The van der Waals surface area contributed by atoms with E-state index in [0.29, 0.717) is 6.04 Å². The van der Waals surface area contributed by atoms with Crippen molar-refractivity contribution in [2.75, 3.05) is 18.1 Å². The molecule has 1 aliphatic heterocycles. The Hall–Kier alpha value is -1.63. The second-order valence-corrected chi connectivity index (χ2v) is 8.56. The highest BCUT2D eigenvalue weighted by molar-refractivity contribution is 8.13. The first-order valence-corrected chi connectivity index (χ1v) is 10.9. The average molecular weight is 388 g/mol. The highest BCUT2D eigenvalue weighted by Crippen LogP contribution is 2.40. The maximum absolute atomic E-state index is 11.8. The van der Waals surface area contributed by atoms with Gasteiger partial charge < -0.3 is 5.32 Å². The van der Waals surface area contributed by atoms with E-state index in [1.54, 1.807) is 30.0 Å². The van der Waals surface area contributed by atoms with Crippen LogP contribution in [0.15, 0.2) is 35.3 Å². The summed E-state index contributed by atoms with van der Waals surface area (Å²) in [5, 5.41) is 4.94. The minimum Gasteiger partial charge on any atom is -0.317 e. The molecule has 0 unspecified atom stereocenters. The average Bonchev–Trinajstić information content (AvgIpc) is 2.96. The minimum atomic E-state index is -0.0364. The number of nitrogens with zero attached hydrogens (tertiary/aromatic N) is 2. The smallest absolute Gasteiger partial charge is 0.221 e. The number of hydrogen-bond donors (Lipinski definition) is 1. The number of benzene rings is 1. The quantitative estimate of drug-likeness (QED) is 0.598. The lowest BCUT2D eigenvalue weighted by Gasteiger charge is -2.30. The maximum Gasteiger partial charge on any atom is 0.221 e. The normalized spacial score (nSPS) is 15.2. The molecule has 138 valence electrons. The summed E-state index contributed by atoms with van der Waals surface area (Å²) < 4.78 is 0. The standard InChI is InChI=1S/C20H25N3OS2/c1-13(2)23-11-10-16-17(12-23)26-20(21-14(3)24)18(16)19(25-4)22-15-8-6-5-7-9-15/h5-9,13H,10-12H2,1-4H3,(H,21,24). The Morgan fingerprint density at radius 1 is 1.31 bits per heavy atom. The Bertz CT molecular complexity index is 812. The van der Waals surface area contributed by atoms with Crippen LogP contribution in [-0.4, -0.2) is 34.7 Å². The molecule has 0 bridgehead atoms. The van der Waals surface area contributed by atoms with E-state index in [9.17, 15) is 4.79 Å². The number of aliphatic imine (C=N–C) groups is 1. The van der Waals surface area contributed by atoms with Crippen molar-refractivity contribution < 1.29 is 4.79 Å². The molecule has 2 aromatic rings. The van der Waals surface area contributed by atoms with Crippen LogP contribution in [0.4, 0.5) is 10.7 Å². The first-order chi connectivity index (χ1) is 12.5. The first kappa shape index (κ1) is 19.1. The fourth-order valence-electron chi connectivity index (χ4n) is 3.16. The van der Waals surface area contributed by atoms with Crippen molar-refractivity contribution in [3.05, 3.63) is 46.3 Å². The molecule has 6 heteroatoms. The van der Waals surface area contributed by atoms with Gasteiger partial charge in [0, 0.05) is 36.5 Å². The molecule has 2 heterocycles. The lowest BCUT2D eigenvalue weighted by atomic mass is 10.0. The molecule has 0 spiro atoms. The van der Waals surface area contributed by atoms with E-state index in [1.807, 2.05) is 36.6 Å². The molecule has 1 N–H and O–H groups in total. The minimum absolute atomic E-state index is 0.0364. The van der Waals surface area contributed by atoms with Crippen LogP contribution in [0.2, 0.25) is 0 Å². The molecule has 1 aliphatic rings. The van der Waals surface area contributed by atoms with Gasteiger partial charge in [-0.2, -0.15) is 0 Å². The van der Waals surface area contributed by atoms with Gasteiger partial charge in [0.2, 0.25) is 5.91 Å². The molecule has 3 rings (SSSR count). The number of anilines is 1. The van der Waals surface area contributed by atoms with E-state index >= 15 is 0 Å². The summed E-state index contributed by atoms with van der Waals surface area (Å²) in [7, 11) is 0. The third-order valence-corrected chi connectivity index (χ3v) is 6.31. The number of thioether (sulfide) groups is 1. The van der Waals surface area contributed by atoms with Gasteiger partial charge in [-0.15, -0.1) is 23.1 Å². The maximum atomic E-state index is 11.8. The van der Waals surface area contributed by atoms with Gasteiger partial charge in [0.1, 0.15) is 10.0 Å². The molecule has 0 fully saturated rings. The molecule has 1 amide bonds. The summed E-state index contributed by atoms with van der Waals surface area (Å²) in [4.78, 5) is 20.5. The zero-order valence-electron chi connectivity index (χ0n) is 15.7. The Balaban J connectivity index is 2.07. The molecule has 1 aromatic heterocycles. The van der Waals surface area contributed by atoms with Gasteiger partial charge in [-0.25, -0.2) is 4.99 Å². The monoisotopic (exact) mass is 387 g/mol. The lowest BCUT2D eigenvalue weighted by molar-refractivity contribution is -0.114. The number of hydrogen-bond acceptors (Lipinski definition) is 5. The van der Waals surface area contributed by atoms with Gasteiger partial charge in [-0.1, -0.05) is 18.2 Å². The summed E-state index contributed by atoms with van der Waals surface area (Å²) in [6.07, 6.45) is 3.04. The van der Waals surface area contributed by atoms with E-state index < -0.39 is 0 Å². The summed E-state index contributed by atoms with van der Waals surface area (Å²) in [6, 6.07) is 10.5. The second-order valence-electron chi connectivity index (χ2n) is 6.66. The first-order valence-electron chi connectivity index (χ1n) is 8.84. The van der Waals surface area contributed by atoms with Crippen LogP contribution in [0.3, 0.4) is 0 Å². The molecule has 4 nitrogen and oxygen atoms in total. The van der Waals surface area contributed by atoms with E-state index in [-0.39, 0.29) is 5.91 Å². The number of carbonyl (C=O) groups is 1. The summed E-state index contributed by atoms with van der Waals surface area (Å²) in [6.45, 7) is 8.02. The Morgan fingerprint density at radius 3 is 2.65 bits per heavy atom. The molecule has 0 radical (unpaired) electrons. The fraction of sp³-hybridized carbons (Fsp3) is 0.400. The Kier molecular flexibility index (Phi) is 6.16. The van der Waals surface area contributed by atoms with Crippen LogP contribution in [0.1, 0.15) is 36.8 Å². The van der Waals surface area contributed by atoms with Crippen LogP contribution in [0.25, 0.3) is 0 Å². The highest BCUT2D eigenvalue weighted by Gasteiger charge is 2.28. The van der Waals surface area contributed by atoms with Crippen molar-refractivity contribution in [3.8, 4) is 0 Å². The number of rotatable bonds is 4. The SMILES string of the molecule is CSC(=Nc1ccccc1)c1c(NC(C)=O)sc2c1CCN(C(C)C)C2. The topological polar surface area (TPSA) is 44.7 Å². The summed E-state index contributed by atoms with van der Waals surface area (Å²) >= 11 is 3.33. The third-order valence-electron chi connectivity index (χ3n) is 4.50. The molecule has 0 aliphatic carbocycles. The molecule has 26 heavy (non-hydrogen) atoms. The van der Waals surface area contributed by atoms with Crippen LogP contribution in [-0.2, 0) is 17.8 Å². The van der Waals surface area contributed by atoms with E-state index in [4.69, 9.17) is 4.99 Å². The van der Waals surface area contributed by atoms with Crippen LogP contribution in [0.5, 0.6) is 0 Å². The Morgan fingerprint density at radius 2 is 2.04 bits per heavy atom. The van der Waals surface area contributed by atoms with E-state index in [0.717, 1.165) is 40.8 Å². The van der Waals surface area contributed by atoms with Gasteiger partial charge >= 0.3 is 0 Å². The number of fused-ring (bicyclic) bond motifs is 1. The van der Waals surface area contributed by atoms with Crippen LogP contribution in [0, 0.1) is 0 Å². The summed E-state index contributed by atoms with van der Waals surface area (Å²) in [5.74, 6) is -0.0364. The second kappa shape index (κ2) is 8.37. The van der Waals surface area contributed by atoms with Gasteiger partial charge in [0.05, 0.1) is 5.69 Å². The van der Waals surface area contributed by atoms with Crippen molar-refractivity contribution in [1.29, 1.82) is 0 Å². The largest absolute Gasteiger partial charge is 0.317 e. The fourth-order valence-corrected chi connectivity index (χ4v) is 5.17. The summed E-state index contributed by atoms with van der Waals surface area (Å²) in [5.41, 5.74) is 3.39. The van der Waals surface area contributed by atoms with E-state index in [1.165, 1.54) is 10.4 Å². The van der Waals surface area contributed by atoms with Gasteiger partial charge in [0.25, 0.3) is 0 Å². The van der Waals surface area contributed by atoms with Crippen molar-refractivity contribution in [2.45, 2.75) is 39.8 Å². The van der Waals surface area contributed by atoms with Crippen molar-refractivity contribution in [3.63, 3.8) is 0 Å². The molecule has 1 aromatic carbocycles. The Labute approximate surface area is 163 Å². The zero-order valence-corrected chi connectivity index (χ0v) is 17.3. The van der Waals surface area contributed by atoms with Crippen LogP contribution < -0.4 is 5.32 Å². The van der Waals surface area contributed by atoms with Gasteiger partial charge in [-0.05, 0) is 44.2 Å². The lowest BCUT2D eigenvalue weighted by Crippen LogP contribution is -2.35. The zero-order chi connectivity index (χ0) is 18.7. The molecule has 0 saturated heterocycles. The molecule has 0 atom stereocenters. The van der Waals surface area contributed by atoms with Crippen molar-refractivity contribution in [1.82, 2.24) is 4.90 Å². The van der Waals surface area contributed by atoms with Crippen molar-refractivity contribution >= 4 is 44.7 Å². The predicted octanol–water partition coefficient (Wildman–Crippen LogP) is 4.91. The van der Waals surface area contributed by atoms with Gasteiger partial charge in [0.15, 0.2) is 0 Å². The van der Waals surface area contributed by atoms with Crippen molar-refractivity contribution in [2.24, 2.45) is 4.99 Å². The third kappa shape index (κ3) is 4.19. The predicted molar refractivity (Wildman–Crippen MR) is 114 cm³/mol. The molecular formula is C20H25N3OS2. The number of amides is 1. The number of thiophene rings is 1.